The summed E-state index contributed by atoms with van der Waals surface area (Å²) in [7, 11) is -3.01. The predicted octanol–water partition coefficient (Wildman–Crippen LogP) is 1.17. The third-order valence-corrected chi connectivity index (χ3v) is 5.53. The Hall–Kier alpha value is -0.530. The first-order chi connectivity index (χ1) is 7.98. The maximum Gasteiger partial charge on any atom is 0.150 e. The third kappa shape index (κ3) is 3.02. The Morgan fingerprint density at radius 3 is 2.88 bits per heavy atom. The first kappa shape index (κ1) is 12.9. The average molecular weight is 276 g/mol. The number of aliphatic hydroxyl groups is 1. The summed E-state index contributed by atoms with van der Waals surface area (Å²) in [4.78, 5) is 0. The molecule has 3 unspecified atom stereocenters. The molecular formula is C10H16N2O3S2. The van der Waals surface area contributed by atoms with Crippen molar-refractivity contribution in [2.24, 2.45) is 5.92 Å². The van der Waals surface area contributed by atoms with Crippen LogP contribution in [0, 0.1) is 5.92 Å². The first-order valence-electron chi connectivity index (χ1n) is 5.63. The molecule has 1 aromatic heterocycles. The van der Waals surface area contributed by atoms with Crippen LogP contribution in [0.5, 0.6) is 0 Å². The summed E-state index contributed by atoms with van der Waals surface area (Å²) in [6.45, 7) is 0. The molecule has 1 heterocycles. The topological polar surface area (TPSA) is 80.2 Å². The molecule has 2 rings (SSSR count). The molecule has 0 bridgehead atoms. The quantitative estimate of drug-likeness (QED) is 0.896. The lowest BCUT2D eigenvalue weighted by Gasteiger charge is -2.30. The van der Waals surface area contributed by atoms with Gasteiger partial charge >= 0.3 is 0 Å². The van der Waals surface area contributed by atoms with E-state index in [4.69, 9.17) is 0 Å². The third-order valence-electron chi connectivity index (χ3n) is 3.40. The van der Waals surface area contributed by atoms with Crippen LogP contribution in [0.1, 0.15) is 37.5 Å². The molecule has 3 atom stereocenters. The number of rotatable bonds is 3. The molecule has 1 saturated carbocycles. The Balaban J connectivity index is 2.07. The Bertz CT molecular complexity index is 458. The standard InChI is InChI=1S/C10H16N2O3S2/c1-17(14,15)8-4-2-3-7(5-8)10(13)9-6-11-16-12-9/h6-8,10,13H,2-5H2,1H3. The highest BCUT2D eigenvalue weighted by molar-refractivity contribution is 7.91. The van der Waals surface area contributed by atoms with Crippen molar-refractivity contribution in [2.75, 3.05) is 6.26 Å². The maximum atomic E-state index is 11.5. The fraction of sp³-hybridized carbons (Fsp3) is 0.800. The van der Waals surface area contributed by atoms with Gasteiger partial charge in [0, 0.05) is 6.26 Å². The second-order valence-corrected chi connectivity index (χ2v) is 7.54. The van der Waals surface area contributed by atoms with Crippen molar-refractivity contribution in [3.05, 3.63) is 11.9 Å². The number of hydrogen-bond acceptors (Lipinski definition) is 6. The molecule has 0 aromatic carbocycles. The first-order valence-corrected chi connectivity index (χ1v) is 8.31. The van der Waals surface area contributed by atoms with Crippen LogP contribution in [-0.4, -0.2) is 33.8 Å². The molecule has 1 aromatic rings. The molecule has 17 heavy (non-hydrogen) atoms. The second kappa shape index (κ2) is 4.99. The van der Waals surface area contributed by atoms with Crippen molar-refractivity contribution in [3.8, 4) is 0 Å². The molecule has 5 nitrogen and oxygen atoms in total. The van der Waals surface area contributed by atoms with Crippen LogP contribution in [0.3, 0.4) is 0 Å². The van der Waals surface area contributed by atoms with Crippen LogP contribution < -0.4 is 0 Å². The van der Waals surface area contributed by atoms with Gasteiger partial charge in [-0.15, -0.1) is 0 Å². The molecule has 0 aliphatic heterocycles. The summed E-state index contributed by atoms with van der Waals surface area (Å²) in [5.41, 5.74) is 0.564. The van der Waals surface area contributed by atoms with Crippen LogP contribution in [0.4, 0.5) is 0 Å². The van der Waals surface area contributed by atoms with Gasteiger partial charge in [-0.05, 0) is 25.2 Å². The molecule has 1 aliphatic carbocycles. The zero-order valence-electron chi connectivity index (χ0n) is 9.61. The van der Waals surface area contributed by atoms with Gasteiger partial charge in [0.1, 0.15) is 21.6 Å². The van der Waals surface area contributed by atoms with Gasteiger partial charge in [-0.1, -0.05) is 6.42 Å². The van der Waals surface area contributed by atoms with E-state index in [0.29, 0.717) is 18.5 Å². The van der Waals surface area contributed by atoms with Crippen molar-refractivity contribution < 1.29 is 13.5 Å². The van der Waals surface area contributed by atoms with Crippen molar-refractivity contribution in [1.82, 2.24) is 8.75 Å². The Morgan fingerprint density at radius 2 is 2.29 bits per heavy atom. The highest BCUT2D eigenvalue weighted by Gasteiger charge is 2.33. The lowest BCUT2D eigenvalue weighted by atomic mass is 9.84. The fourth-order valence-electron chi connectivity index (χ4n) is 2.40. The number of sulfone groups is 1. The summed E-state index contributed by atoms with van der Waals surface area (Å²) in [5, 5.41) is 9.81. The van der Waals surface area contributed by atoms with Gasteiger partial charge in [0.25, 0.3) is 0 Å². The maximum absolute atomic E-state index is 11.5. The number of aromatic nitrogens is 2. The summed E-state index contributed by atoms with van der Waals surface area (Å²) in [6, 6.07) is 0. The SMILES string of the molecule is CS(=O)(=O)C1CCCC(C(O)c2cnsn2)C1. The molecule has 7 heteroatoms. The Kier molecular flexibility index (Phi) is 3.79. The Morgan fingerprint density at radius 1 is 1.53 bits per heavy atom. The van der Waals surface area contributed by atoms with Gasteiger partial charge in [-0.25, -0.2) is 8.42 Å². The summed E-state index contributed by atoms with van der Waals surface area (Å²) in [5.74, 6) is -0.0209. The molecule has 1 N–H and O–H groups in total. The Labute approximate surface area is 105 Å². The van der Waals surface area contributed by atoms with Gasteiger partial charge in [-0.2, -0.15) is 8.75 Å². The lowest BCUT2D eigenvalue weighted by Crippen LogP contribution is -2.30. The second-order valence-electron chi connectivity index (χ2n) is 4.66. The lowest BCUT2D eigenvalue weighted by molar-refractivity contribution is 0.0827. The van der Waals surface area contributed by atoms with Gasteiger partial charge in [0.05, 0.1) is 23.2 Å². The summed E-state index contributed by atoms with van der Waals surface area (Å²) < 4.78 is 30.9. The zero-order chi connectivity index (χ0) is 12.5. The van der Waals surface area contributed by atoms with E-state index in [1.807, 2.05) is 0 Å². The van der Waals surface area contributed by atoms with Crippen molar-refractivity contribution in [2.45, 2.75) is 37.0 Å². The molecule has 0 saturated heterocycles. The molecular weight excluding hydrogens is 260 g/mol. The van der Waals surface area contributed by atoms with Crippen LogP contribution in [0.2, 0.25) is 0 Å². The van der Waals surface area contributed by atoms with Crippen molar-refractivity contribution in [3.63, 3.8) is 0 Å². The van der Waals surface area contributed by atoms with Gasteiger partial charge < -0.3 is 5.11 Å². The number of aliphatic hydroxyl groups excluding tert-OH is 1. The van der Waals surface area contributed by atoms with Gasteiger partial charge in [-0.3, -0.25) is 0 Å². The van der Waals surface area contributed by atoms with Gasteiger partial charge in [0.15, 0.2) is 0 Å². The van der Waals surface area contributed by atoms with E-state index in [1.54, 1.807) is 6.20 Å². The largest absolute Gasteiger partial charge is 0.386 e. The van der Waals surface area contributed by atoms with E-state index in [-0.39, 0.29) is 11.2 Å². The normalized spacial score (nSPS) is 27.9. The van der Waals surface area contributed by atoms with E-state index in [1.165, 1.54) is 6.26 Å². The molecule has 96 valence electrons. The van der Waals surface area contributed by atoms with E-state index in [9.17, 15) is 13.5 Å². The zero-order valence-corrected chi connectivity index (χ0v) is 11.2. The molecule has 0 radical (unpaired) electrons. The highest BCUT2D eigenvalue weighted by Crippen LogP contribution is 2.36. The highest BCUT2D eigenvalue weighted by atomic mass is 32.2. The fourth-order valence-corrected chi connectivity index (χ4v) is 4.04. The van der Waals surface area contributed by atoms with E-state index >= 15 is 0 Å². The number of hydrogen-bond donors (Lipinski definition) is 1. The molecule has 0 amide bonds. The van der Waals surface area contributed by atoms with Crippen LogP contribution in [0.25, 0.3) is 0 Å². The van der Waals surface area contributed by atoms with Crippen molar-refractivity contribution in [1.29, 1.82) is 0 Å². The average Bonchev–Trinajstić information content (AvgIpc) is 2.80. The van der Waals surface area contributed by atoms with Gasteiger partial charge in [0.2, 0.25) is 0 Å². The van der Waals surface area contributed by atoms with Crippen LogP contribution in [-0.2, 0) is 9.84 Å². The van der Waals surface area contributed by atoms with E-state index in [0.717, 1.165) is 24.6 Å². The summed E-state index contributed by atoms with van der Waals surface area (Å²) >= 11 is 1.06. The molecule has 1 aliphatic rings. The molecule has 0 spiro atoms. The molecule has 1 fully saturated rings. The van der Waals surface area contributed by atoms with Crippen LogP contribution in [0.15, 0.2) is 6.20 Å². The predicted molar refractivity (Wildman–Crippen MR) is 65.5 cm³/mol. The van der Waals surface area contributed by atoms with E-state index in [2.05, 4.69) is 8.75 Å². The number of nitrogens with zero attached hydrogens (tertiary/aromatic N) is 2. The van der Waals surface area contributed by atoms with E-state index < -0.39 is 15.9 Å². The minimum absolute atomic E-state index is 0.0209. The smallest absolute Gasteiger partial charge is 0.150 e. The minimum atomic E-state index is -3.01. The van der Waals surface area contributed by atoms with Crippen LogP contribution >= 0.6 is 11.7 Å². The monoisotopic (exact) mass is 276 g/mol. The minimum Gasteiger partial charge on any atom is -0.386 e. The van der Waals surface area contributed by atoms with Crippen molar-refractivity contribution >= 4 is 21.6 Å². The summed E-state index contributed by atoms with van der Waals surface area (Å²) in [6.07, 6.45) is 5.07.